The third kappa shape index (κ3) is 4.95. The molecule has 1 N–H and O–H groups in total. The highest BCUT2D eigenvalue weighted by Crippen LogP contribution is 2.10. The molecule has 1 aliphatic heterocycles. The molecule has 0 atom stereocenters. The van der Waals surface area contributed by atoms with Gasteiger partial charge in [-0.3, -0.25) is 9.04 Å². The largest absolute Gasteiger partial charge is 0.448 e. The average Bonchev–Trinajstić information content (AvgIpc) is 2.87. The number of rotatable bonds is 4. The number of nitrogens with zero attached hydrogens (tertiary/aromatic N) is 3. The molecular weight excluding hydrogens is 356 g/mol. The van der Waals surface area contributed by atoms with Crippen LogP contribution in [0.2, 0.25) is 0 Å². The molecule has 0 saturated heterocycles. The first-order chi connectivity index (χ1) is 11.2. The fourth-order valence-electron chi connectivity index (χ4n) is 1.62. The van der Waals surface area contributed by atoms with Crippen LogP contribution >= 0.6 is 0 Å². The van der Waals surface area contributed by atoms with E-state index in [9.17, 15) is 18.0 Å². The number of aliphatic imine (C=N–C) groups is 1. The average molecular weight is 379 g/mol. The minimum absolute atomic E-state index is 0.174. The van der Waals surface area contributed by atoms with Crippen LogP contribution in [-0.4, -0.2) is 61.3 Å². The van der Waals surface area contributed by atoms with Gasteiger partial charge in [0.1, 0.15) is 0 Å². The molecule has 3 amide bonds. The Labute approximate surface area is 144 Å². The second-order valence-corrected chi connectivity index (χ2v) is 9.05. The Balaban J connectivity index is 3.35. The van der Waals surface area contributed by atoms with Gasteiger partial charge in [0.25, 0.3) is 0 Å². The number of hydrogen-bond donors (Lipinski definition) is 1. The molecule has 0 aromatic carbocycles. The van der Waals surface area contributed by atoms with Crippen LogP contribution in [0.5, 0.6) is 0 Å². The fraction of sp³-hybridized carbons (Fsp3) is 0.692. The van der Waals surface area contributed by atoms with E-state index in [4.69, 9.17) is 4.74 Å². The Hall–Kier alpha value is -1.59. The van der Waals surface area contributed by atoms with Crippen molar-refractivity contribution < 1.29 is 22.7 Å². The van der Waals surface area contributed by atoms with Crippen molar-refractivity contribution >= 4 is 40.6 Å². The van der Waals surface area contributed by atoms with E-state index in [1.807, 2.05) is 6.92 Å². The zero-order chi connectivity index (χ0) is 18.4. The van der Waals surface area contributed by atoms with E-state index in [1.165, 1.54) is 19.0 Å². The van der Waals surface area contributed by atoms with E-state index in [-0.39, 0.29) is 17.7 Å². The number of carbonyl (C=O) groups excluding carboxylic acids is 2. The summed E-state index contributed by atoms with van der Waals surface area (Å²) in [7, 11) is -1.13. The van der Waals surface area contributed by atoms with Crippen molar-refractivity contribution in [2.24, 2.45) is 10.9 Å². The Morgan fingerprint density at radius 2 is 2.00 bits per heavy atom. The molecule has 0 aliphatic carbocycles. The normalized spacial score (nSPS) is 16.8. The van der Waals surface area contributed by atoms with Gasteiger partial charge in [-0.05, 0) is 12.3 Å². The van der Waals surface area contributed by atoms with Crippen LogP contribution in [-0.2, 0) is 23.0 Å². The zero-order valence-corrected chi connectivity index (χ0v) is 16.0. The van der Waals surface area contributed by atoms with Gasteiger partial charge in [0.2, 0.25) is 0 Å². The standard InChI is InChI=1S/C13H23N4O5S2/c1-6-7-8-22-13(19)17-12(14-11(18)16(4)5)23(24(20)21)10(15-17)9(2)3/h9,15H,6-8H2,1-5H3/q-1. The molecule has 1 aliphatic rings. The van der Waals surface area contributed by atoms with Gasteiger partial charge < -0.3 is 9.64 Å². The lowest BCUT2D eigenvalue weighted by Gasteiger charge is -2.22. The second kappa shape index (κ2) is 9.04. The SMILES string of the molecule is CCCCOC(=O)N1NC(C(C)C)=[S-](=S(=O)=O)C1=NC(=O)N(C)C. The Kier molecular flexibility index (Phi) is 7.70. The van der Waals surface area contributed by atoms with Crippen LogP contribution in [0.1, 0.15) is 33.6 Å². The minimum Gasteiger partial charge on any atom is -0.448 e. The van der Waals surface area contributed by atoms with Gasteiger partial charge in [-0.1, -0.05) is 32.2 Å². The first-order valence-corrected chi connectivity index (χ1v) is 10.3. The summed E-state index contributed by atoms with van der Waals surface area (Å²) >= 11 is 0. The molecule has 9 nitrogen and oxygen atoms in total. The van der Waals surface area contributed by atoms with E-state index in [1.54, 1.807) is 13.8 Å². The van der Waals surface area contributed by atoms with Crippen LogP contribution in [0.15, 0.2) is 4.99 Å². The highest BCUT2D eigenvalue weighted by molar-refractivity contribution is 8.40. The van der Waals surface area contributed by atoms with Crippen LogP contribution in [0.4, 0.5) is 9.59 Å². The Morgan fingerprint density at radius 1 is 1.38 bits per heavy atom. The quantitative estimate of drug-likeness (QED) is 0.443. The molecule has 138 valence electrons. The minimum atomic E-state index is -2.57. The molecule has 24 heavy (non-hydrogen) atoms. The van der Waals surface area contributed by atoms with Gasteiger partial charge in [-0.25, -0.2) is 33.4 Å². The summed E-state index contributed by atoms with van der Waals surface area (Å²) in [5, 5.41) is 0.734. The molecular formula is C13H23N4O5S2-. The molecule has 0 aromatic rings. The van der Waals surface area contributed by atoms with Crippen molar-refractivity contribution in [2.75, 3.05) is 20.7 Å². The maximum absolute atomic E-state index is 12.2. The number of unbranched alkanes of at least 4 members (excludes halogenated alkanes) is 1. The van der Waals surface area contributed by atoms with Crippen molar-refractivity contribution in [2.45, 2.75) is 33.6 Å². The maximum Gasteiger partial charge on any atom is 0.428 e. The fourth-order valence-corrected chi connectivity index (χ4v) is 4.97. The summed E-state index contributed by atoms with van der Waals surface area (Å²) in [6.45, 7) is 5.72. The number of amides is 3. The van der Waals surface area contributed by atoms with E-state index < -0.39 is 30.4 Å². The molecule has 0 unspecified atom stereocenters. The van der Waals surface area contributed by atoms with Crippen LogP contribution in [0.25, 0.3) is 0 Å². The van der Waals surface area contributed by atoms with Crippen molar-refractivity contribution in [1.29, 1.82) is 0 Å². The number of hydrogen-bond acceptors (Lipinski definition) is 7. The van der Waals surface area contributed by atoms with Gasteiger partial charge in [0.15, 0.2) is 0 Å². The maximum atomic E-state index is 12.2. The van der Waals surface area contributed by atoms with Crippen molar-refractivity contribution in [3.05, 3.63) is 0 Å². The number of nitrogens with one attached hydrogen (secondary N) is 1. The first kappa shape index (κ1) is 20.5. The lowest BCUT2D eigenvalue weighted by Crippen LogP contribution is -2.45. The molecule has 0 saturated carbocycles. The topological polar surface area (TPSA) is 108 Å². The van der Waals surface area contributed by atoms with Gasteiger partial charge in [-0.15, -0.1) is 0 Å². The van der Waals surface area contributed by atoms with Crippen molar-refractivity contribution in [1.82, 2.24) is 15.3 Å². The highest BCUT2D eigenvalue weighted by atomic mass is 32.8. The second-order valence-electron chi connectivity index (χ2n) is 5.48. The van der Waals surface area contributed by atoms with Crippen LogP contribution in [0, 0.1) is 5.92 Å². The van der Waals surface area contributed by atoms with Crippen molar-refractivity contribution in [3.8, 4) is 0 Å². The summed E-state index contributed by atoms with van der Waals surface area (Å²) in [6, 6.07) is -0.661. The molecule has 0 radical (unpaired) electrons. The number of urea groups is 1. The van der Waals surface area contributed by atoms with E-state index in [2.05, 4.69) is 10.4 Å². The van der Waals surface area contributed by atoms with Crippen LogP contribution in [0.3, 0.4) is 0 Å². The molecule has 0 bridgehead atoms. The number of ether oxygens (including phenoxy) is 1. The summed E-state index contributed by atoms with van der Waals surface area (Å²) in [5.74, 6) is -0.181. The summed E-state index contributed by atoms with van der Waals surface area (Å²) < 4.78 is 28.5. The van der Waals surface area contributed by atoms with Gasteiger partial charge in [-0.2, -0.15) is 0 Å². The van der Waals surface area contributed by atoms with Gasteiger partial charge >= 0.3 is 12.1 Å². The summed E-state index contributed by atoms with van der Waals surface area (Å²) in [4.78, 5) is 29.5. The smallest absolute Gasteiger partial charge is 0.428 e. The van der Waals surface area contributed by atoms with Crippen LogP contribution < -0.4 is 5.43 Å². The Bertz CT molecular complexity index is 725. The number of amidine groups is 1. The number of carbonyl (C=O) groups is 2. The monoisotopic (exact) mass is 379 g/mol. The predicted molar refractivity (Wildman–Crippen MR) is 93.9 cm³/mol. The van der Waals surface area contributed by atoms with Gasteiger partial charge in [0.05, 0.1) is 21.0 Å². The predicted octanol–water partition coefficient (Wildman–Crippen LogP) is 0.979. The number of hydrazine groups is 1. The molecule has 1 heterocycles. The molecule has 0 aromatic heterocycles. The third-order valence-electron chi connectivity index (χ3n) is 2.92. The summed E-state index contributed by atoms with van der Waals surface area (Å²) in [6.07, 6.45) is 0.745. The third-order valence-corrected chi connectivity index (χ3v) is 6.56. The Morgan fingerprint density at radius 3 is 2.46 bits per heavy atom. The first-order valence-electron chi connectivity index (χ1n) is 7.45. The lowest BCUT2D eigenvalue weighted by atomic mass is 10.2. The lowest BCUT2D eigenvalue weighted by molar-refractivity contribution is 0.116. The molecule has 0 fully saturated rings. The molecule has 11 heteroatoms. The zero-order valence-electron chi connectivity index (χ0n) is 14.4. The van der Waals surface area contributed by atoms with E-state index in [0.717, 1.165) is 11.4 Å². The molecule has 1 rings (SSSR count). The highest BCUT2D eigenvalue weighted by Gasteiger charge is 2.25. The van der Waals surface area contributed by atoms with Gasteiger partial charge in [0, 0.05) is 14.1 Å². The van der Waals surface area contributed by atoms with E-state index in [0.29, 0.717) is 11.4 Å². The molecule has 0 spiro atoms. The van der Waals surface area contributed by atoms with E-state index >= 15 is 0 Å². The van der Waals surface area contributed by atoms with Crippen molar-refractivity contribution in [3.63, 3.8) is 0 Å². The summed E-state index contributed by atoms with van der Waals surface area (Å²) in [5.41, 5.74) is 2.74.